The van der Waals surface area contributed by atoms with Gasteiger partial charge in [-0.1, -0.05) is 25.1 Å². The number of carbonyl (C=O) groups is 1. The van der Waals surface area contributed by atoms with Gasteiger partial charge in [0.2, 0.25) is 0 Å². The highest BCUT2D eigenvalue weighted by molar-refractivity contribution is 5.81. The van der Waals surface area contributed by atoms with E-state index in [-0.39, 0.29) is 12.0 Å². The monoisotopic (exact) mass is 355 g/mol. The number of benzene rings is 2. The molecule has 0 bridgehead atoms. The second-order valence-electron chi connectivity index (χ2n) is 6.87. The molecule has 140 valence electrons. The van der Waals surface area contributed by atoms with Gasteiger partial charge in [-0.15, -0.1) is 0 Å². The minimum atomic E-state index is -0.500. The Morgan fingerprint density at radius 1 is 0.962 bits per heavy atom. The van der Waals surface area contributed by atoms with Crippen molar-refractivity contribution >= 4 is 5.91 Å². The van der Waals surface area contributed by atoms with E-state index in [0.717, 1.165) is 28.2 Å². The third kappa shape index (κ3) is 6.10. The summed E-state index contributed by atoms with van der Waals surface area (Å²) in [6.45, 7) is 10.4. The van der Waals surface area contributed by atoms with Crippen LogP contribution in [-0.2, 0) is 11.3 Å². The number of hydrogen-bond donors (Lipinski definition) is 1. The summed E-state index contributed by atoms with van der Waals surface area (Å²) in [5.74, 6) is 1.47. The average molecular weight is 355 g/mol. The first-order valence-electron chi connectivity index (χ1n) is 9.15. The van der Waals surface area contributed by atoms with Crippen molar-refractivity contribution in [3.63, 3.8) is 0 Å². The van der Waals surface area contributed by atoms with Crippen LogP contribution in [0.4, 0.5) is 0 Å². The van der Waals surface area contributed by atoms with Crippen molar-refractivity contribution in [2.75, 3.05) is 0 Å². The molecule has 0 aromatic heterocycles. The van der Waals surface area contributed by atoms with Crippen LogP contribution in [0.25, 0.3) is 0 Å². The molecule has 2 aromatic rings. The number of aryl methyl sites for hydroxylation is 2. The lowest BCUT2D eigenvalue weighted by molar-refractivity contribution is -0.128. The molecule has 0 aliphatic rings. The lowest BCUT2D eigenvalue weighted by Crippen LogP contribution is -2.37. The summed E-state index contributed by atoms with van der Waals surface area (Å²) in [6, 6.07) is 13.8. The third-order valence-electron chi connectivity index (χ3n) is 3.90. The Morgan fingerprint density at radius 2 is 1.58 bits per heavy atom. The highest BCUT2D eigenvalue weighted by Gasteiger charge is 2.18. The van der Waals surface area contributed by atoms with E-state index < -0.39 is 6.10 Å². The summed E-state index contributed by atoms with van der Waals surface area (Å²) in [5, 5.41) is 2.95. The van der Waals surface area contributed by atoms with Gasteiger partial charge < -0.3 is 14.8 Å². The van der Waals surface area contributed by atoms with E-state index in [2.05, 4.69) is 11.4 Å². The van der Waals surface area contributed by atoms with E-state index in [4.69, 9.17) is 9.47 Å². The molecule has 26 heavy (non-hydrogen) atoms. The maximum atomic E-state index is 12.5. The van der Waals surface area contributed by atoms with Gasteiger partial charge in [0.25, 0.3) is 5.91 Å². The molecule has 4 nitrogen and oxygen atoms in total. The minimum Gasteiger partial charge on any atom is -0.491 e. The van der Waals surface area contributed by atoms with Crippen LogP contribution in [0.1, 0.15) is 43.9 Å². The quantitative estimate of drug-likeness (QED) is 0.755. The Morgan fingerprint density at radius 3 is 2.12 bits per heavy atom. The fourth-order valence-electron chi connectivity index (χ4n) is 2.75. The molecule has 2 aromatic carbocycles. The van der Waals surface area contributed by atoms with Crippen molar-refractivity contribution < 1.29 is 14.3 Å². The van der Waals surface area contributed by atoms with E-state index in [1.54, 1.807) is 0 Å². The zero-order valence-electron chi connectivity index (χ0n) is 16.3. The molecule has 2 rings (SSSR count). The number of ether oxygens (including phenoxy) is 2. The maximum Gasteiger partial charge on any atom is 0.261 e. The van der Waals surface area contributed by atoms with Gasteiger partial charge in [0, 0.05) is 6.54 Å². The van der Waals surface area contributed by atoms with Crippen LogP contribution in [0, 0.1) is 13.8 Å². The molecule has 1 amide bonds. The van der Waals surface area contributed by atoms with Gasteiger partial charge in [-0.3, -0.25) is 4.79 Å². The van der Waals surface area contributed by atoms with Crippen molar-refractivity contribution in [3.05, 3.63) is 59.2 Å². The Balaban J connectivity index is 1.92. The molecule has 0 aliphatic carbocycles. The lowest BCUT2D eigenvalue weighted by Gasteiger charge is -2.18. The molecule has 4 heteroatoms. The predicted octanol–water partition coefficient (Wildman–Crippen LogP) is 4.56. The Labute approximate surface area is 156 Å². The van der Waals surface area contributed by atoms with Gasteiger partial charge in [-0.25, -0.2) is 0 Å². The summed E-state index contributed by atoms with van der Waals surface area (Å²) in [5.41, 5.74) is 3.27. The second kappa shape index (κ2) is 9.27. The second-order valence-corrected chi connectivity index (χ2v) is 6.87. The Kier molecular flexibility index (Phi) is 7.07. The molecule has 0 spiro atoms. The zero-order valence-corrected chi connectivity index (χ0v) is 16.3. The summed E-state index contributed by atoms with van der Waals surface area (Å²) in [4.78, 5) is 12.5. The van der Waals surface area contributed by atoms with Crippen molar-refractivity contribution in [2.24, 2.45) is 0 Å². The van der Waals surface area contributed by atoms with Gasteiger partial charge in [-0.05, 0) is 75.1 Å². The third-order valence-corrected chi connectivity index (χ3v) is 3.90. The average Bonchev–Trinajstić information content (AvgIpc) is 2.57. The number of rotatable bonds is 8. The highest BCUT2D eigenvalue weighted by atomic mass is 16.5. The molecule has 0 fully saturated rings. The Bertz CT molecular complexity index is 702. The first-order chi connectivity index (χ1) is 12.4. The van der Waals surface area contributed by atoms with Crippen LogP contribution in [0.15, 0.2) is 42.5 Å². The smallest absolute Gasteiger partial charge is 0.261 e. The molecular formula is C22H29NO3. The first-order valence-corrected chi connectivity index (χ1v) is 9.15. The molecule has 0 saturated heterocycles. The van der Waals surface area contributed by atoms with E-state index in [1.807, 2.05) is 71.0 Å². The zero-order chi connectivity index (χ0) is 19.1. The van der Waals surface area contributed by atoms with E-state index >= 15 is 0 Å². The number of hydrogen-bond acceptors (Lipinski definition) is 3. The van der Waals surface area contributed by atoms with Crippen molar-refractivity contribution in [1.82, 2.24) is 5.32 Å². The van der Waals surface area contributed by atoms with Crippen molar-refractivity contribution in [1.29, 1.82) is 0 Å². The number of carbonyl (C=O) groups excluding carboxylic acids is 1. The number of amides is 1. The number of nitrogens with one attached hydrogen (secondary N) is 1. The van der Waals surface area contributed by atoms with Crippen LogP contribution >= 0.6 is 0 Å². The first kappa shape index (κ1) is 19.8. The van der Waals surface area contributed by atoms with Crippen LogP contribution < -0.4 is 14.8 Å². The summed E-state index contributed by atoms with van der Waals surface area (Å²) < 4.78 is 11.5. The van der Waals surface area contributed by atoms with E-state index in [9.17, 15) is 4.79 Å². The van der Waals surface area contributed by atoms with Gasteiger partial charge in [-0.2, -0.15) is 0 Å². The molecule has 1 atom stereocenters. The van der Waals surface area contributed by atoms with Crippen LogP contribution in [0.5, 0.6) is 11.5 Å². The van der Waals surface area contributed by atoms with Gasteiger partial charge in [0.15, 0.2) is 6.10 Å². The summed E-state index contributed by atoms with van der Waals surface area (Å²) in [6.07, 6.45) is 0.257. The van der Waals surface area contributed by atoms with Crippen molar-refractivity contribution in [2.45, 2.75) is 59.8 Å². The SMILES string of the molecule is CC[C@@H](Oc1cc(C)cc(C)c1)C(=O)NCc1ccc(OC(C)C)cc1. The Hall–Kier alpha value is -2.49. The van der Waals surface area contributed by atoms with Gasteiger partial charge in [0.05, 0.1) is 6.10 Å². The molecule has 0 saturated carbocycles. The summed E-state index contributed by atoms with van der Waals surface area (Å²) >= 11 is 0. The minimum absolute atomic E-state index is 0.103. The predicted molar refractivity (Wildman–Crippen MR) is 105 cm³/mol. The molecule has 1 N–H and O–H groups in total. The topological polar surface area (TPSA) is 47.6 Å². The van der Waals surface area contributed by atoms with E-state index in [1.165, 1.54) is 0 Å². The molecule has 0 heterocycles. The largest absolute Gasteiger partial charge is 0.491 e. The fourth-order valence-corrected chi connectivity index (χ4v) is 2.75. The van der Waals surface area contributed by atoms with Crippen LogP contribution in [-0.4, -0.2) is 18.1 Å². The lowest BCUT2D eigenvalue weighted by atomic mass is 10.1. The van der Waals surface area contributed by atoms with Crippen LogP contribution in [0.3, 0.4) is 0 Å². The molecule has 0 aliphatic heterocycles. The van der Waals surface area contributed by atoms with Gasteiger partial charge in [0.1, 0.15) is 11.5 Å². The summed E-state index contributed by atoms with van der Waals surface area (Å²) in [7, 11) is 0. The molecule has 0 radical (unpaired) electrons. The highest BCUT2D eigenvalue weighted by Crippen LogP contribution is 2.19. The molecule has 0 unspecified atom stereocenters. The molecular weight excluding hydrogens is 326 g/mol. The fraction of sp³-hybridized carbons (Fsp3) is 0.409. The maximum absolute atomic E-state index is 12.5. The van der Waals surface area contributed by atoms with Crippen LogP contribution in [0.2, 0.25) is 0 Å². The standard InChI is InChI=1S/C22H29NO3/c1-6-21(26-20-12-16(4)11-17(5)13-20)22(24)23-14-18-7-9-19(10-8-18)25-15(2)3/h7-13,15,21H,6,14H2,1-5H3,(H,23,24)/t21-/m1/s1. The van der Waals surface area contributed by atoms with Crippen molar-refractivity contribution in [3.8, 4) is 11.5 Å². The van der Waals surface area contributed by atoms with Gasteiger partial charge >= 0.3 is 0 Å². The normalized spacial score (nSPS) is 11.9. The van der Waals surface area contributed by atoms with E-state index in [0.29, 0.717) is 13.0 Å².